The molecule has 0 aromatic carbocycles. The van der Waals surface area contributed by atoms with Crippen molar-refractivity contribution >= 4 is 71.6 Å². The number of ether oxygens (including phenoxy) is 12. The van der Waals surface area contributed by atoms with Crippen molar-refractivity contribution in [2.45, 2.75) is 135 Å². The van der Waals surface area contributed by atoms with Gasteiger partial charge in [-0.3, -0.25) is 47.9 Å². The molecule has 0 radical (unpaired) electrons. The fourth-order valence-electron chi connectivity index (χ4n) is 7.39. The number of nitrogens with one attached hydrogen (secondary N) is 4. The Labute approximate surface area is 436 Å². The van der Waals surface area contributed by atoms with E-state index in [-0.39, 0.29) is 65.1 Å². The van der Waals surface area contributed by atoms with Gasteiger partial charge < -0.3 is 94.7 Å². The Morgan fingerprint density at radius 3 is 1.13 bits per heavy atom. The third-order valence-electron chi connectivity index (χ3n) is 10.4. The molecule has 2 heterocycles. The van der Waals surface area contributed by atoms with Gasteiger partial charge in [-0.1, -0.05) is 0 Å². The molecule has 0 unspecified atom stereocenters. The maximum Gasteiger partial charge on any atom is 0.407 e. The lowest BCUT2D eigenvalue weighted by atomic mass is 9.87. The van der Waals surface area contributed by atoms with E-state index in [0.29, 0.717) is 0 Å². The summed E-state index contributed by atoms with van der Waals surface area (Å²) in [6.07, 6.45) is -14.2. The van der Waals surface area contributed by atoms with Gasteiger partial charge in [-0.25, -0.2) is 9.59 Å². The van der Waals surface area contributed by atoms with Gasteiger partial charge in [0.2, 0.25) is 23.6 Å². The maximum atomic E-state index is 12.4. The van der Waals surface area contributed by atoms with Crippen molar-refractivity contribution < 1.29 is 119 Å². The van der Waals surface area contributed by atoms with E-state index in [1.165, 1.54) is 0 Å². The molecule has 0 spiro atoms. The molecule has 31 heteroatoms. The zero-order chi connectivity index (χ0) is 56.9. The normalized spacial score (nSPS) is 23.1. The number of hydrogen-bond acceptors (Lipinski definition) is 25. The van der Waals surface area contributed by atoms with Crippen LogP contribution in [0, 0.1) is 11.8 Å². The topological polar surface area (TPSA) is 436 Å². The third-order valence-corrected chi connectivity index (χ3v) is 10.4. The summed E-state index contributed by atoms with van der Waals surface area (Å²) in [6.45, 7) is 4.37. The fraction of sp³-hybridized carbons (Fsp3) is 0.733. The summed E-state index contributed by atoms with van der Waals surface area (Å²) in [4.78, 5) is 144. The summed E-state index contributed by atoms with van der Waals surface area (Å²) in [5, 5.41) is 20.0. The number of alkyl carbamates (subject to hydrolysis) is 2. The first-order chi connectivity index (χ1) is 35.9. The first-order valence-corrected chi connectivity index (χ1v) is 24.0. The molecule has 0 aromatic rings. The van der Waals surface area contributed by atoms with Crippen molar-refractivity contribution in [3.05, 3.63) is 0 Å². The van der Waals surface area contributed by atoms with Crippen LogP contribution in [-0.4, -0.2) is 198 Å². The minimum Gasteiger partial charge on any atom is -0.463 e. The number of aliphatic hydroxyl groups is 1. The largest absolute Gasteiger partial charge is 0.463 e. The first kappa shape index (κ1) is 65.2. The lowest BCUT2D eigenvalue weighted by Crippen LogP contribution is -2.59. The van der Waals surface area contributed by atoms with Crippen molar-refractivity contribution in [2.24, 2.45) is 23.3 Å². The number of aliphatic hydroxyl groups excluding tert-OH is 1. The van der Waals surface area contributed by atoms with Gasteiger partial charge in [0.25, 0.3) is 0 Å². The van der Waals surface area contributed by atoms with Crippen molar-refractivity contribution in [2.75, 3.05) is 65.8 Å². The highest BCUT2D eigenvalue weighted by molar-refractivity contribution is 5.78. The monoisotopic (exact) mass is 1090 g/mol. The predicted molar refractivity (Wildman–Crippen MR) is 249 cm³/mol. The minimum absolute atomic E-state index is 0.0688. The lowest BCUT2D eigenvalue weighted by molar-refractivity contribution is -0.291. The van der Waals surface area contributed by atoms with Gasteiger partial charge in [0.05, 0.1) is 25.0 Å². The van der Waals surface area contributed by atoms with Gasteiger partial charge in [-0.2, -0.15) is 0 Å². The van der Waals surface area contributed by atoms with Crippen LogP contribution in [0.15, 0.2) is 0 Å². The summed E-state index contributed by atoms with van der Waals surface area (Å²) >= 11 is 0. The summed E-state index contributed by atoms with van der Waals surface area (Å²) in [5.41, 5.74) is 10.9. The quantitative estimate of drug-likeness (QED) is 0.0199. The molecule has 31 nitrogen and oxygen atoms in total. The van der Waals surface area contributed by atoms with E-state index in [2.05, 4.69) is 21.3 Å². The summed E-state index contributed by atoms with van der Waals surface area (Å²) in [5.74, 6) is -9.10. The third kappa shape index (κ3) is 26.5. The average Bonchev–Trinajstić information content (AvgIpc) is 3.31. The molecule has 2 aliphatic rings. The van der Waals surface area contributed by atoms with Gasteiger partial charge in [0, 0.05) is 93.4 Å². The zero-order valence-electron chi connectivity index (χ0n) is 43.1. The second-order valence-corrected chi connectivity index (χ2v) is 17.0. The van der Waals surface area contributed by atoms with Crippen LogP contribution in [0.4, 0.5) is 9.59 Å². The standard InChI is InChI=1S/C45H70N6O25/c1-23(52)67-21-32-40(73-27(5)56)38(71-25(3)54)30(17-34(46)59)42(75-32)65-15-7-11-48-36(61)9-13-50-44(63)69-19-29(58)20-70-45(64)51-14-10-37(62)49-12-8-16-66-43-31(18-35(47)60)39(72-26(4)55)41(74-28(6)57)33(76-43)22-68-24(2)53/h29-33,38-43,58H,7-22H2,1-6H3,(H2,46,59)(H2,47,60)(H,48,61)(H,49,62)(H,50,63)(H,51,64)/t30-,31-,32-,33-,38-,39-,40+,41+,42-,43-/m1/s1. The van der Waals surface area contributed by atoms with Crippen LogP contribution in [0.25, 0.3) is 0 Å². The van der Waals surface area contributed by atoms with E-state index in [1.54, 1.807) is 0 Å². The van der Waals surface area contributed by atoms with Gasteiger partial charge in [-0.15, -0.1) is 0 Å². The predicted octanol–water partition coefficient (Wildman–Crippen LogP) is -3.09. The SMILES string of the molecule is CC(=O)OC[C@H]1O[C@@H](OCCCNC(=O)CCNC(=O)OCC(O)COC(=O)NCCC(=O)NCCCO[C@@H]2O[C@H](COC(C)=O)[C@H](OC(C)=O)[C@H](OC(C)=O)[C@H]2CC(N)=O)[C@H](CC(N)=O)[C@@H](OC(C)=O)[C@H]1OC(C)=O. The van der Waals surface area contributed by atoms with Gasteiger partial charge in [-0.05, 0) is 12.8 Å². The van der Waals surface area contributed by atoms with E-state index in [4.69, 9.17) is 68.3 Å². The number of esters is 6. The van der Waals surface area contributed by atoms with Crippen LogP contribution < -0.4 is 32.7 Å². The van der Waals surface area contributed by atoms with Crippen LogP contribution in [0.1, 0.15) is 80.1 Å². The first-order valence-electron chi connectivity index (χ1n) is 24.0. The Bertz CT molecular complexity index is 1860. The highest BCUT2D eigenvalue weighted by Crippen LogP contribution is 2.35. The molecule has 0 saturated carbocycles. The zero-order valence-corrected chi connectivity index (χ0v) is 43.1. The molecule has 2 rings (SSSR count). The molecule has 430 valence electrons. The van der Waals surface area contributed by atoms with Gasteiger partial charge >= 0.3 is 48.0 Å². The second-order valence-electron chi connectivity index (χ2n) is 17.0. The van der Waals surface area contributed by atoms with Gasteiger partial charge in [0.1, 0.15) is 56.9 Å². The molecule has 9 N–H and O–H groups in total. The molecule has 2 saturated heterocycles. The average molecular weight is 1100 g/mol. The Balaban J connectivity index is 1.68. The van der Waals surface area contributed by atoms with Crippen molar-refractivity contribution in [1.82, 2.24) is 21.3 Å². The molecule has 2 aliphatic heterocycles. The fourth-order valence-corrected chi connectivity index (χ4v) is 7.39. The molecule has 76 heavy (non-hydrogen) atoms. The Kier molecular flexibility index (Phi) is 29.6. The number of rotatable bonds is 32. The molecule has 6 amide bonds. The molecule has 0 bridgehead atoms. The maximum absolute atomic E-state index is 12.4. The summed E-state index contributed by atoms with van der Waals surface area (Å²) in [6, 6.07) is 0. The lowest BCUT2D eigenvalue weighted by Gasteiger charge is -2.44. The van der Waals surface area contributed by atoms with Crippen LogP contribution in [0.2, 0.25) is 0 Å². The van der Waals surface area contributed by atoms with E-state index in [0.717, 1.165) is 41.5 Å². The molecule has 0 aromatic heterocycles. The smallest absolute Gasteiger partial charge is 0.407 e. The van der Waals surface area contributed by atoms with E-state index < -0.39 is 178 Å². The minimum atomic E-state index is -1.44. The van der Waals surface area contributed by atoms with Crippen molar-refractivity contribution in [3.8, 4) is 0 Å². The molecule has 2 fully saturated rings. The van der Waals surface area contributed by atoms with Crippen LogP contribution in [0.3, 0.4) is 0 Å². The molecular formula is C45H70N6O25. The van der Waals surface area contributed by atoms with Crippen LogP contribution in [-0.2, 0) is 105 Å². The highest BCUT2D eigenvalue weighted by atomic mass is 16.7. The van der Waals surface area contributed by atoms with Crippen LogP contribution >= 0.6 is 0 Å². The van der Waals surface area contributed by atoms with E-state index in [1.807, 2.05) is 0 Å². The number of amides is 6. The number of hydrogen-bond donors (Lipinski definition) is 7. The van der Waals surface area contributed by atoms with E-state index in [9.17, 15) is 62.6 Å². The molecule has 0 aliphatic carbocycles. The Morgan fingerprint density at radius 1 is 0.474 bits per heavy atom. The number of carbonyl (C=O) groups excluding carboxylic acids is 12. The van der Waals surface area contributed by atoms with Gasteiger partial charge in [0.15, 0.2) is 24.8 Å². The Morgan fingerprint density at radius 2 is 0.816 bits per heavy atom. The highest BCUT2D eigenvalue weighted by Gasteiger charge is 2.52. The van der Waals surface area contributed by atoms with Crippen molar-refractivity contribution in [3.63, 3.8) is 0 Å². The number of nitrogens with two attached hydrogens (primary N) is 2. The second kappa shape index (κ2) is 34.6. The number of carbonyl (C=O) groups is 12. The van der Waals surface area contributed by atoms with E-state index >= 15 is 0 Å². The Hall–Kier alpha value is -6.96. The van der Waals surface area contributed by atoms with Crippen LogP contribution in [0.5, 0.6) is 0 Å². The van der Waals surface area contributed by atoms with Crippen molar-refractivity contribution in [1.29, 1.82) is 0 Å². The summed E-state index contributed by atoms with van der Waals surface area (Å²) in [7, 11) is 0. The number of primary amides is 2. The molecular weight excluding hydrogens is 1020 g/mol. The summed E-state index contributed by atoms with van der Waals surface area (Å²) < 4.78 is 64.9. The molecule has 10 atom stereocenters.